The second kappa shape index (κ2) is 6.09. The van der Waals surface area contributed by atoms with Gasteiger partial charge in [0.25, 0.3) is 0 Å². The number of hydrogen-bond donors (Lipinski definition) is 1. The smallest absolute Gasteiger partial charge is 0.128 e. The summed E-state index contributed by atoms with van der Waals surface area (Å²) in [7, 11) is 0. The highest BCUT2D eigenvalue weighted by Crippen LogP contribution is 2.49. The van der Waals surface area contributed by atoms with E-state index in [1.807, 2.05) is 13.0 Å². The molecule has 2 aliphatic rings. The molecule has 1 aliphatic heterocycles. The highest BCUT2D eigenvalue weighted by molar-refractivity contribution is 5.42. The molecule has 0 amide bonds. The molecule has 2 heterocycles. The third-order valence-corrected chi connectivity index (χ3v) is 6.26. The molecule has 26 heavy (non-hydrogen) atoms. The van der Waals surface area contributed by atoms with Crippen LogP contribution < -0.4 is 4.90 Å². The fraction of sp³-hybridized carbons (Fsp3) is 0.522. The SMILES string of the molecule is Cc1cccc(N2C[C@@H]3CC(O)(c4ccc(C(C)(C)C)cc4)C[C@@H]3C2)n1. The first-order chi connectivity index (χ1) is 12.2. The summed E-state index contributed by atoms with van der Waals surface area (Å²) in [5.74, 6) is 2.17. The summed E-state index contributed by atoms with van der Waals surface area (Å²) >= 11 is 0. The number of rotatable bonds is 2. The molecule has 1 saturated heterocycles. The topological polar surface area (TPSA) is 36.4 Å². The lowest BCUT2D eigenvalue weighted by atomic mass is 9.84. The van der Waals surface area contributed by atoms with Crippen molar-refractivity contribution < 1.29 is 5.11 Å². The van der Waals surface area contributed by atoms with Crippen LogP contribution in [0.15, 0.2) is 42.5 Å². The Hall–Kier alpha value is -1.87. The van der Waals surface area contributed by atoms with Crippen molar-refractivity contribution in [3.05, 3.63) is 59.3 Å². The predicted molar refractivity (Wildman–Crippen MR) is 106 cm³/mol. The van der Waals surface area contributed by atoms with Crippen LogP contribution in [0.25, 0.3) is 0 Å². The standard InChI is InChI=1S/C23H30N2O/c1-16-6-5-7-21(24-16)25-14-17-12-23(26,13-18(17)15-25)20-10-8-19(9-11-20)22(2,3)4/h5-11,17-18,26H,12-15H2,1-4H3/t17-,18+,23?. The molecule has 1 aliphatic carbocycles. The first-order valence-electron chi connectivity index (χ1n) is 9.77. The number of aryl methyl sites for hydroxylation is 1. The van der Waals surface area contributed by atoms with E-state index in [0.717, 1.165) is 43.0 Å². The van der Waals surface area contributed by atoms with E-state index >= 15 is 0 Å². The summed E-state index contributed by atoms with van der Waals surface area (Å²) in [5, 5.41) is 11.3. The van der Waals surface area contributed by atoms with Gasteiger partial charge in [0.05, 0.1) is 5.60 Å². The van der Waals surface area contributed by atoms with Gasteiger partial charge in [-0.1, -0.05) is 51.1 Å². The Morgan fingerprint density at radius 2 is 1.62 bits per heavy atom. The number of benzene rings is 1. The molecule has 138 valence electrons. The van der Waals surface area contributed by atoms with E-state index in [1.165, 1.54) is 5.56 Å². The summed E-state index contributed by atoms with van der Waals surface area (Å²) < 4.78 is 0. The number of nitrogens with zero attached hydrogens (tertiary/aromatic N) is 2. The minimum atomic E-state index is -0.669. The molecule has 2 fully saturated rings. The molecule has 1 aromatic heterocycles. The van der Waals surface area contributed by atoms with Gasteiger partial charge in [0.15, 0.2) is 0 Å². The zero-order chi connectivity index (χ0) is 18.5. The van der Waals surface area contributed by atoms with E-state index in [9.17, 15) is 5.11 Å². The maximum absolute atomic E-state index is 11.3. The van der Waals surface area contributed by atoms with Gasteiger partial charge in [0, 0.05) is 18.8 Å². The average molecular weight is 351 g/mol. The Morgan fingerprint density at radius 1 is 1.00 bits per heavy atom. The van der Waals surface area contributed by atoms with Crippen LogP contribution in [0.1, 0.15) is 50.4 Å². The highest BCUT2D eigenvalue weighted by Gasteiger charge is 2.49. The monoisotopic (exact) mass is 350 g/mol. The third-order valence-electron chi connectivity index (χ3n) is 6.26. The zero-order valence-electron chi connectivity index (χ0n) is 16.4. The number of anilines is 1. The molecule has 0 radical (unpaired) electrons. The van der Waals surface area contributed by atoms with Crippen LogP contribution in [0.5, 0.6) is 0 Å². The second-order valence-electron chi connectivity index (χ2n) is 9.33. The summed E-state index contributed by atoms with van der Waals surface area (Å²) in [6, 6.07) is 14.9. The van der Waals surface area contributed by atoms with Crippen LogP contribution in [0, 0.1) is 18.8 Å². The van der Waals surface area contributed by atoms with Crippen molar-refractivity contribution in [2.75, 3.05) is 18.0 Å². The van der Waals surface area contributed by atoms with Crippen molar-refractivity contribution in [2.24, 2.45) is 11.8 Å². The van der Waals surface area contributed by atoms with E-state index < -0.39 is 5.60 Å². The van der Waals surface area contributed by atoms with Crippen molar-refractivity contribution in [3.8, 4) is 0 Å². The largest absolute Gasteiger partial charge is 0.385 e. The number of hydrogen-bond acceptors (Lipinski definition) is 3. The number of aliphatic hydroxyl groups is 1. The van der Waals surface area contributed by atoms with E-state index in [2.05, 4.69) is 67.1 Å². The quantitative estimate of drug-likeness (QED) is 0.871. The minimum Gasteiger partial charge on any atom is -0.385 e. The summed E-state index contributed by atoms with van der Waals surface area (Å²) in [6.07, 6.45) is 1.71. The molecule has 3 heteroatoms. The number of aromatic nitrogens is 1. The van der Waals surface area contributed by atoms with Gasteiger partial charge in [-0.3, -0.25) is 0 Å². The van der Waals surface area contributed by atoms with Crippen molar-refractivity contribution in [3.63, 3.8) is 0 Å². The predicted octanol–water partition coefficient (Wildman–Crippen LogP) is 4.42. The Balaban J connectivity index is 1.48. The van der Waals surface area contributed by atoms with Crippen molar-refractivity contribution >= 4 is 5.82 Å². The van der Waals surface area contributed by atoms with Crippen LogP contribution in [0.4, 0.5) is 5.82 Å². The van der Waals surface area contributed by atoms with Gasteiger partial charge >= 0.3 is 0 Å². The molecule has 1 aromatic carbocycles. The lowest BCUT2D eigenvalue weighted by molar-refractivity contribution is 0.0365. The van der Waals surface area contributed by atoms with E-state index in [-0.39, 0.29) is 5.41 Å². The van der Waals surface area contributed by atoms with Crippen molar-refractivity contribution in [1.82, 2.24) is 4.98 Å². The average Bonchev–Trinajstić information content (AvgIpc) is 3.10. The molecule has 3 atom stereocenters. The van der Waals surface area contributed by atoms with Gasteiger partial charge in [0.2, 0.25) is 0 Å². The van der Waals surface area contributed by atoms with Crippen molar-refractivity contribution in [1.29, 1.82) is 0 Å². The van der Waals surface area contributed by atoms with Gasteiger partial charge in [0.1, 0.15) is 5.82 Å². The van der Waals surface area contributed by atoms with Crippen LogP contribution in [0.3, 0.4) is 0 Å². The first kappa shape index (κ1) is 17.5. The molecular formula is C23H30N2O. The Labute approximate surface area is 157 Å². The molecule has 1 saturated carbocycles. The summed E-state index contributed by atoms with van der Waals surface area (Å²) in [5.41, 5.74) is 2.95. The van der Waals surface area contributed by atoms with Gasteiger partial charge in [-0.15, -0.1) is 0 Å². The van der Waals surface area contributed by atoms with Crippen LogP contribution in [-0.4, -0.2) is 23.2 Å². The fourth-order valence-corrected chi connectivity index (χ4v) is 4.76. The van der Waals surface area contributed by atoms with E-state index in [4.69, 9.17) is 0 Å². The zero-order valence-corrected chi connectivity index (χ0v) is 16.4. The fourth-order valence-electron chi connectivity index (χ4n) is 4.76. The van der Waals surface area contributed by atoms with E-state index in [0.29, 0.717) is 11.8 Å². The number of pyridine rings is 1. The van der Waals surface area contributed by atoms with Gasteiger partial charge < -0.3 is 10.0 Å². The summed E-state index contributed by atoms with van der Waals surface area (Å²) in [4.78, 5) is 7.07. The van der Waals surface area contributed by atoms with E-state index in [1.54, 1.807) is 0 Å². The van der Waals surface area contributed by atoms with Gasteiger partial charge in [-0.2, -0.15) is 0 Å². The Bertz CT molecular complexity index is 777. The molecule has 3 nitrogen and oxygen atoms in total. The number of fused-ring (bicyclic) bond motifs is 1. The molecule has 1 unspecified atom stereocenters. The Morgan fingerprint density at radius 3 is 2.15 bits per heavy atom. The lowest BCUT2D eigenvalue weighted by Crippen LogP contribution is -2.28. The van der Waals surface area contributed by atoms with Crippen LogP contribution in [0.2, 0.25) is 0 Å². The molecule has 2 aromatic rings. The highest BCUT2D eigenvalue weighted by atomic mass is 16.3. The van der Waals surface area contributed by atoms with Crippen molar-refractivity contribution in [2.45, 2.75) is 51.6 Å². The molecule has 4 rings (SSSR count). The molecule has 0 bridgehead atoms. The molecule has 0 spiro atoms. The van der Waals surface area contributed by atoms with Crippen LogP contribution in [-0.2, 0) is 11.0 Å². The third kappa shape index (κ3) is 3.14. The molecule has 1 N–H and O–H groups in total. The Kier molecular flexibility index (Phi) is 4.11. The van der Waals surface area contributed by atoms with Gasteiger partial charge in [-0.05, 0) is 60.3 Å². The minimum absolute atomic E-state index is 0.147. The van der Waals surface area contributed by atoms with Gasteiger partial charge in [-0.25, -0.2) is 4.98 Å². The normalized spacial score (nSPS) is 28.4. The van der Waals surface area contributed by atoms with Crippen LogP contribution >= 0.6 is 0 Å². The summed E-state index contributed by atoms with van der Waals surface area (Å²) in [6.45, 7) is 10.7. The lowest BCUT2D eigenvalue weighted by Gasteiger charge is -2.28. The first-order valence-corrected chi connectivity index (χ1v) is 9.77. The maximum Gasteiger partial charge on any atom is 0.128 e. The molecular weight excluding hydrogens is 320 g/mol. The second-order valence-corrected chi connectivity index (χ2v) is 9.33. The maximum atomic E-state index is 11.3.